The van der Waals surface area contributed by atoms with Crippen LogP contribution in [-0.2, 0) is 11.3 Å². The van der Waals surface area contributed by atoms with E-state index in [0.717, 1.165) is 0 Å². The Labute approximate surface area is 144 Å². The number of carbonyl (C=O) groups is 2. The zero-order valence-electron chi connectivity index (χ0n) is 13.8. The summed E-state index contributed by atoms with van der Waals surface area (Å²) in [6.07, 6.45) is 0. The Morgan fingerprint density at radius 3 is 2.62 bits per heavy atom. The number of benzene rings is 1. The Balaban J connectivity index is 1.88. The van der Waals surface area contributed by atoms with Crippen molar-refractivity contribution >= 4 is 28.8 Å². The highest BCUT2D eigenvalue weighted by atomic mass is 32.1. The van der Waals surface area contributed by atoms with Crippen LogP contribution in [0.3, 0.4) is 0 Å². The molecule has 128 valence electrons. The van der Waals surface area contributed by atoms with E-state index in [1.54, 1.807) is 55.6 Å². The van der Waals surface area contributed by atoms with Crippen molar-refractivity contribution in [2.24, 2.45) is 0 Å². The van der Waals surface area contributed by atoms with Crippen LogP contribution >= 0.6 is 11.3 Å². The molecule has 5 nitrogen and oxygen atoms in total. The van der Waals surface area contributed by atoms with Crippen LogP contribution in [0.2, 0.25) is 0 Å². The van der Waals surface area contributed by atoms with Crippen LogP contribution in [0.15, 0.2) is 35.7 Å². The van der Waals surface area contributed by atoms with Gasteiger partial charge in [-0.15, -0.1) is 11.3 Å². The van der Waals surface area contributed by atoms with Crippen LogP contribution < -0.4 is 15.5 Å². The zero-order chi connectivity index (χ0) is 17.7. The highest BCUT2D eigenvalue weighted by Gasteiger charge is 2.17. The van der Waals surface area contributed by atoms with E-state index >= 15 is 0 Å². The highest BCUT2D eigenvalue weighted by Crippen LogP contribution is 2.18. The zero-order valence-corrected chi connectivity index (χ0v) is 14.6. The number of nitrogens with one attached hydrogen (secondary N) is 2. The molecule has 2 rings (SSSR count). The predicted octanol–water partition coefficient (Wildman–Crippen LogP) is 2.39. The van der Waals surface area contributed by atoms with Gasteiger partial charge in [0.2, 0.25) is 5.91 Å². The molecule has 1 aromatic heterocycles. The fourth-order valence-electron chi connectivity index (χ4n) is 2.11. The lowest BCUT2D eigenvalue weighted by Crippen LogP contribution is -2.44. The van der Waals surface area contributed by atoms with Gasteiger partial charge in [-0.25, -0.2) is 4.39 Å². The van der Waals surface area contributed by atoms with Crippen LogP contribution in [0.5, 0.6) is 0 Å². The van der Waals surface area contributed by atoms with Crippen LogP contribution in [-0.4, -0.2) is 32.0 Å². The number of amides is 2. The van der Waals surface area contributed by atoms with Crippen molar-refractivity contribution in [3.05, 3.63) is 52.0 Å². The maximum Gasteiger partial charge on any atom is 0.261 e. The molecule has 1 atom stereocenters. The summed E-state index contributed by atoms with van der Waals surface area (Å²) < 4.78 is 13.9. The van der Waals surface area contributed by atoms with E-state index in [0.29, 0.717) is 16.1 Å². The molecule has 0 spiro atoms. The number of anilines is 1. The molecule has 0 fully saturated rings. The molecule has 2 aromatic rings. The molecule has 1 aromatic carbocycles. The molecule has 0 aliphatic rings. The van der Waals surface area contributed by atoms with E-state index in [9.17, 15) is 14.0 Å². The largest absolute Gasteiger partial charge is 0.375 e. The third kappa shape index (κ3) is 4.55. The van der Waals surface area contributed by atoms with Gasteiger partial charge in [0.25, 0.3) is 5.91 Å². The average Bonchev–Trinajstić information content (AvgIpc) is 3.06. The third-order valence-corrected chi connectivity index (χ3v) is 4.32. The van der Waals surface area contributed by atoms with Gasteiger partial charge in [-0.2, -0.15) is 0 Å². The molecule has 7 heteroatoms. The van der Waals surface area contributed by atoms with Gasteiger partial charge in [-0.3, -0.25) is 9.59 Å². The summed E-state index contributed by atoms with van der Waals surface area (Å²) in [5.41, 5.74) is 1.14. The van der Waals surface area contributed by atoms with Gasteiger partial charge >= 0.3 is 0 Å². The van der Waals surface area contributed by atoms with Crippen LogP contribution in [0.25, 0.3) is 0 Å². The van der Waals surface area contributed by atoms with Crippen molar-refractivity contribution in [2.45, 2.75) is 19.5 Å². The lowest BCUT2D eigenvalue weighted by atomic mass is 10.2. The quantitative estimate of drug-likeness (QED) is 0.842. The fourth-order valence-corrected chi connectivity index (χ4v) is 2.73. The van der Waals surface area contributed by atoms with E-state index in [1.807, 2.05) is 0 Å². The van der Waals surface area contributed by atoms with E-state index in [2.05, 4.69) is 10.6 Å². The molecular formula is C17H20FN3O2S. The summed E-state index contributed by atoms with van der Waals surface area (Å²) in [4.78, 5) is 26.2. The molecule has 0 unspecified atom stereocenters. The van der Waals surface area contributed by atoms with Gasteiger partial charge in [0.1, 0.15) is 11.9 Å². The first-order chi connectivity index (χ1) is 11.4. The second kappa shape index (κ2) is 7.92. The van der Waals surface area contributed by atoms with Gasteiger partial charge in [0.15, 0.2) is 0 Å². The molecule has 0 aliphatic carbocycles. The normalized spacial score (nSPS) is 11.7. The van der Waals surface area contributed by atoms with Gasteiger partial charge < -0.3 is 15.5 Å². The summed E-state index contributed by atoms with van der Waals surface area (Å²) >= 11 is 1.31. The molecule has 0 bridgehead atoms. The minimum absolute atomic E-state index is 0.197. The van der Waals surface area contributed by atoms with Crippen LogP contribution in [0, 0.1) is 5.82 Å². The molecule has 0 saturated heterocycles. The second-order valence-electron chi connectivity index (χ2n) is 5.57. The lowest BCUT2D eigenvalue weighted by Gasteiger charge is -2.16. The molecule has 1 heterocycles. The van der Waals surface area contributed by atoms with Crippen molar-refractivity contribution < 1.29 is 14.0 Å². The number of nitrogens with zero attached hydrogens (tertiary/aromatic N) is 1. The first-order valence-electron chi connectivity index (χ1n) is 7.46. The minimum Gasteiger partial charge on any atom is -0.375 e. The lowest BCUT2D eigenvalue weighted by molar-refractivity contribution is -0.122. The Kier molecular flexibility index (Phi) is 5.92. The molecular weight excluding hydrogens is 329 g/mol. The number of hydrogen-bond donors (Lipinski definition) is 2. The Morgan fingerprint density at radius 2 is 2.04 bits per heavy atom. The predicted molar refractivity (Wildman–Crippen MR) is 93.8 cm³/mol. The molecule has 2 amide bonds. The second-order valence-corrected chi connectivity index (χ2v) is 6.52. The van der Waals surface area contributed by atoms with Crippen molar-refractivity contribution in [3.8, 4) is 0 Å². The van der Waals surface area contributed by atoms with Crippen molar-refractivity contribution in [1.29, 1.82) is 0 Å². The van der Waals surface area contributed by atoms with Crippen molar-refractivity contribution in [1.82, 2.24) is 10.6 Å². The van der Waals surface area contributed by atoms with Gasteiger partial charge in [0, 0.05) is 20.6 Å². The summed E-state index contributed by atoms with van der Waals surface area (Å²) in [6.45, 7) is 1.80. The standard InChI is InChI=1S/C17H20FN3O2S/c1-11(20-17(23)15-5-4-8-24-15)16(22)19-10-12-6-7-14(21(2)3)13(18)9-12/h4-9,11H,10H2,1-3H3,(H,19,22)(H,20,23)/t11-/m0/s1. The van der Waals surface area contributed by atoms with E-state index in [-0.39, 0.29) is 24.2 Å². The summed E-state index contributed by atoms with van der Waals surface area (Å²) in [7, 11) is 3.52. The first kappa shape index (κ1) is 17.9. The number of hydrogen-bond acceptors (Lipinski definition) is 4. The Hall–Kier alpha value is -2.41. The van der Waals surface area contributed by atoms with E-state index < -0.39 is 6.04 Å². The molecule has 0 saturated carbocycles. The Morgan fingerprint density at radius 1 is 1.29 bits per heavy atom. The number of thiophene rings is 1. The van der Waals surface area contributed by atoms with Crippen LogP contribution in [0.1, 0.15) is 22.2 Å². The molecule has 0 radical (unpaired) electrons. The van der Waals surface area contributed by atoms with Gasteiger partial charge in [0.05, 0.1) is 10.6 Å². The monoisotopic (exact) mass is 349 g/mol. The molecule has 24 heavy (non-hydrogen) atoms. The molecule has 2 N–H and O–H groups in total. The topological polar surface area (TPSA) is 61.4 Å². The number of halogens is 1. The summed E-state index contributed by atoms with van der Waals surface area (Å²) in [5, 5.41) is 7.12. The Bertz CT molecular complexity index is 717. The smallest absolute Gasteiger partial charge is 0.261 e. The number of rotatable bonds is 6. The van der Waals surface area contributed by atoms with Crippen molar-refractivity contribution in [2.75, 3.05) is 19.0 Å². The van der Waals surface area contributed by atoms with Gasteiger partial charge in [-0.05, 0) is 36.1 Å². The van der Waals surface area contributed by atoms with Crippen molar-refractivity contribution in [3.63, 3.8) is 0 Å². The fraction of sp³-hybridized carbons (Fsp3) is 0.294. The first-order valence-corrected chi connectivity index (χ1v) is 8.34. The van der Waals surface area contributed by atoms with E-state index in [1.165, 1.54) is 17.4 Å². The molecule has 0 aliphatic heterocycles. The summed E-state index contributed by atoms with van der Waals surface area (Å²) in [5.74, 6) is -0.947. The minimum atomic E-state index is -0.675. The number of carbonyl (C=O) groups excluding carboxylic acids is 2. The van der Waals surface area contributed by atoms with E-state index in [4.69, 9.17) is 0 Å². The maximum absolute atomic E-state index is 13.9. The maximum atomic E-state index is 13.9. The SMILES string of the molecule is C[C@H](NC(=O)c1cccs1)C(=O)NCc1ccc(N(C)C)c(F)c1. The third-order valence-electron chi connectivity index (χ3n) is 3.45. The highest BCUT2D eigenvalue weighted by molar-refractivity contribution is 7.12. The van der Waals surface area contributed by atoms with Crippen LogP contribution in [0.4, 0.5) is 10.1 Å². The van der Waals surface area contributed by atoms with Gasteiger partial charge in [-0.1, -0.05) is 12.1 Å². The summed E-state index contributed by atoms with van der Waals surface area (Å²) in [6, 6.07) is 7.61. The average molecular weight is 349 g/mol.